The number of hydrogen-bond acceptors (Lipinski definition) is 3. The monoisotopic (exact) mass is 372 g/mol. The van der Waals surface area contributed by atoms with Crippen LogP contribution in [0.1, 0.15) is 44.3 Å². The molecular formula is C21H32N4O2. The van der Waals surface area contributed by atoms with Crippen LogP contribution in [0.25, 0.3) is 0 Å². The van der Waals surface area contributed by atoms with Crippen LogP contribution in [0.4, 0.5) is 0 Å². The minimum atomic E-state index is 0.113. The quantitative estimate of drug-likeness (QED) is 0.594. The van der Waals surface area contributed by atoms with Gasteiger partial charge in [0.2, 0.25) is 5.91 Å². The van der Waals surface area contributed by atoms with Crippen molar-refractivity contribution in [2.24, 2.45) is 10.9 Å². The van der Waals surface area contributed by atoms with Gasteiger partial charge in [-0.3, -0.25) is 4.79 Å². The maximum absolute atomic E-state index is 12.2. The Bertz CT molecular complexity index is 614. The fraction of sp³-hybridized carbons (Fsp3) is 0.619. The molecule has 6 heteroatoms. The predicted octanol–water partition coefficient (Wildman–Crippen LogP) is 2.33. The Hall–Kier alpha value is -2.08. The molecule has 2 unspecified atom stereocenters. The standard InChI is InChI=1S/C21H32N4O2/c1-2-22-21(24-16-19(26)25-12-6-7-13-25)23-15-18-11-8-14-27-20(18)17-9-4-3-5-10-17/h3-5,9-10,18,20H,2,6-8,11-16H2,1H3,(H2,22,23,24). The number of hydrogen-bond donors (Lipinski definition) is 2. The molecule has 2 atom stereocenters. The van der Waals surface area contributed by atoms with E-state index in [0.717, 1.165) is 58.5 Å². The minimum Gasteiger partial charge on any atom is -0.373 e. The molecule has 2 heterocycles. The molecule has 148 valence electrons. The molecule has 2 N–H and O–H groups in total. The fourth-order valence-corrected chi connectivity index (χ4v) is 3.85. The van der Waals surface area contributed by atoms with Crippen molar-refractivity contribution in [2.75, 3.05) is 39.3 Å². The Balaban J connectivity index is 1.56. The molecule has 1 amide bonds. The summed E-state index contributed by atoms with van der Waals surface area (Å²) >= 11 is 0. The first kappa shape index (κ1) is 19.7. The summed E-state index contributed by atoms with van der Waals surface area (Å²) in [5, 5.41) is 6.67. The van der Waals surface area contributed by atoms with Crippen molar-refractivity contribution in [1.29, 1.82) is 0 Å². The van der Waals surface area contributed by atoms with E-state index in [1.807, 2.05) is 17.9 Å². The number of nitrogens with zero attached hydrogens (tertiary/aromatic N) is 2. The van der Waals surface area contributed by atoms with Crippen LogP contribution in [-0.4, -0.2) is 56.1 Å². The van der Waals surface area contributed by atoms with Crippen LogP contribution in [0.5, 0.6) is 0 Å². The molecule has 2 aliphatic rings. The largest absolute Gasteiger partial charge is 0.373 e. The summed E-state index contributed by atoms with van der Waals surface area (Å²) in [5.74, 6) is 1.22. The summed E-state index contributed by atoms with van der Waals surface area (Å²) in [6, 6.07) is 10.4. The van der Waals surface area contributed by atoms with Gasteiger partial charge in [-0.05, 0) is 38.2 Å². The second kappa shape index (κ2) is 10.3. The van der Waals surface area contributed by atoms with Gasteiger partial charge in [0.05, 0.1) is 6.10 Å². The molecule has 1 aromatic rings. The molecular weight excluding hydrogens is 340 g/mol. The molecule has 2 aliphatic heterocycles. The smallest absolute Gasteiger partial charge is 0.244 e. The Morgan fingerprint density at radius 2 is 1.96 bits per heavy atom. The second-order valence-corrected chi connectivity index (χ2v) is 7.27. The summed E-state index contributed by atoms with van der Waals surface area (Å²) in [6.07, 6.45) is 4.53. The topological polar surface area (TPSA) is 66.0 Å². The number of benzene rings is 1. The molecule has 0 spiro atoms. The lowest BCUT2D eigenvalue weighted by atomic mass is 9.89. The second-order valence-electron chi connectivity index (χ2n) is 7.27. The molecule has 27 heavy (non-hydrogen) atoms. The molecule has 0 bridgehead atoms. The molecule has 0 saturated carbocycles. The van der Waals surface area contributed by atoms with E-state index >= 15 is 0 Å². The van der Waals surface area contributed by atoms with Gasteiger partial charge in [0.25, 0.3) is 0 Å². The molecule has 3 rings (SSSR count). The number of amides is 1. The van der Waals surface area contributed by atoms with E-state index in [2.05, 4.69) is 39.9 Å². The van der Waals surface area contributed by atoms with Crippen LogP contribution in [0, 0.1) is 5.92 Å². The highest BCUT2D eigenvalue weighted by Crippen LogP contribution is 2.32. The van der Waals surface area contributed by atoms with Gasteiger partial charge in [-0.1, -0.05) is 30.3 Å². The zero-order valence-electron chi connectivity index (χ0n) is 16.3. The Morgan fingerprint density at radius 1 is 1.19 bits per heavy atom. The lowest BCUT2D eigenvalue weighted by Gasteiger charge is -2.32. The maximum Gasteiger partial charge on any atom is 0.244 e. The molecule has 2 fully saturated rings. The number of aliphatic imine (C=N–C) groups is 1. The van der Waals surface area contributed by atoms with Gasteiger partial charge in [0.1, 0.15) is 6.54 Å². The number of likely N-dealkylation sites (tertiary alicyclic amines) is 1. The van der Waals surface area contributed by atoms with Crippen molar-refractivity contribution < 1.29 is 9.53 Å². The fourth-order valence-electron chi connectivity index (χ4n) is 3.85. The van der Waals surface area contributed by atoms with Crippen molar-refractivity contribution in [2.45, 2.75) is 38.7 Å². The van der Waals surface area contributed by atoms with Crippen LogP contribution in [0.3, 0.4) is 0 Å². The number of carbonyl (C=O) groups excluding carboxylic acids is 1. The highest BCUT2D eigenvalue weighted by molar-refractivity contribution is 5.85. The van der Waals surface area contributed by atoms with Gasteiger partial charge >= 0.3 is 0 Å². The average Bonchev–Trinajstić information content (AvgIpc) is 3.26. The van der Waals surface area contributed by atoms with E-state index in [1.165, 1.54) is 5.56 Å². The minimum absolute atomic E-state index is 0.113. The SMILES string of the molecule is CCNC(=NCC(=O)N1CCCC1)NCC1CCCOC1c1ccccc1. The molecule has 2 saturated heterocycles. The van der Waals surface area contributed by atoms with Crippen LogP contribution in [-0.2, 0) is 9.53 Å². The van der Waals surface area contributed by atoms with Crippen molar-refractivity contribution in [3.8, 4) is 0 Å². The summed E-state index contributed by atoms with van der Waals surface area (Å²) in [5.41, 5.74) is 1.23. The lowest BCUT2D eigenvalue weighted by Crippen LogP contribution is -2.42. The summed E-state index contributed by atoms with van der Waals surface area (Å²) in [4.78, 5) is 18.7. The van der Waals surface area contributed by atoms with Gasteiger partial charge in [-0.15, -0.1) is 0 Å². The van der Waals surface area contributed by atoms with Crippen LogP contribution in [0.15, 0.2) is 35.3 Å². The van der Waals surface area contributed by atoms with Crippen LogP contribution >= 0.6 is 0 Å². The maximum atomic E-state index is 12.2. The Kier molecular flexibility index (Phi) is 7.51. The predicted molar refractivity (Wildman–Crippen MR) is 108 cm³/mol. The van der Waals surface area contributed by atoms with E-state index < -0.39 is 0 Å². The molecule has 1 aromatic carbocycles. The number of nitrogens with one attached hydrogen (secondary N) is 2. The first-order chi connectivity index (χ1) is 13.3. The number of ether oxygens (including phenoxy) is 1. The third kappa shape index (κ3) is 5.70. The summed E-state index contributed by atoms with van der Waals surface area (Å²) in [7, 11) is 0. The molecule has 0 radical (unpaired) electrons. The zero-order valence-corrected chi connectivity index (χ0v) is 16.3. The Morgan fingerprint density at radius 3 is 2.70 bits per heavy atom. The van der Waals surface area contributed by atoms with E-state index in [1.54, 1.807) is 0 Å². The summed E-state index contributed by atoms with van der Waals surface area (Å²) < 4.78 is 6.07. The highest BCUT2D eigenvalue weighted by Gasteiger charge is 2.27. The van der Waals surface area contributed by atoms with E-state index in [4.69, 9.17) is 4.74 Å². The van der Waals surface area contributed by atoms with Crippen LogP contribution in [0.2, 0.25) is 0 Å². The van der Waals surface area contributed by atoms with Crippen molar-refractivity contribution in [3.63, 3.8) is 0 Å². The molecule has 0 aliphatic carbocycles. The van der Waals surface area contributed by atoms with E-state index in [9.17, 15) is 4.79 Å². The molecule has 0 aromatic heterocycles. The average molecular weight is 373 g/mol. The van der Waals surface area contributed by atoms with Crippen molar-refractivity contribution >= 4 is 11.9 Å². The van der Waals surface area contributed by atoms with Gasteiger partial charge in [-0.2, -0.15) is 0 Å². The van der Waals surface area contributed by atoms with Gasteiger partial charge < -0.3 is 20.3 Å². The van der Waals surface area contributed by atoms with Gasteiger partial charge in [0.15, 0.2) is 5.96 Å². The van der Waals surface area contributed by atoms with E-state index in [-0.39, 0.29) is 18.6 Å². The Labute approximate surface area is 162 Å². The van der Waals surface area contributed by atoms with Crippen LogP contribution < -0.4 is 10.6 Å². The highest BCUT2D eigenvalue weighted by atomic mass is 16.5. The first-order valence-electron chi connectivity index (χ1n) is 10.2. The first-order valence-corrected chi connectivity index (χ1v) is 10.2. The van der Waals surface area contributed by atoms with Crippen molar-refractivity contribution in [1.82, 2.24) is 15.5 Å². The zero-order chi connectivity index (χ0) is 18.9. The van der Waals surface area contributed by atoms with E-state index in [0.29, 0.717) is 11.9 Å². The van der Waals surface area contributed by atoms with Gasteiger partial charge in [-0.25, -0.2) is 4.99 Å². The number of guanidine groups is 1. The summed E-state index contributed by atoms with van der Waals surface area (Å²) in [6.45, 7) is 6.35. The normalized spacial score (nSPS) is 23.3. The molecule has 6 nitrogen and oxygen atoms in total. The lowest BCUT2D eigenvalue weighted by molar-refractivity contribution is -0.128. The third-order valence-corrected chi connectivity index (χ3v) is 5.28. The van der Waals surface area contributed by atoms with Gasteiger partial charge in [0, 0.05) is 38.7 Å². The van der Waals surface area contributed by atoms with Crippen molar-refractivity contribution in [3.05, 3.63) is 35.9 Å². The third-order valence-electron chi connectivity index (χ3n) is 5.28. The number of rotatable bonds is 6. The number of carbonyl (C=O) groups is 1.